The molecule has 0 aliphatic carbocycles. The molecule has 0 unspecified atom stereocenters. The van der Waals surface area contributed by atoms with Crippen LogP contribution in [0.1, 0.15) is 16.1 Å². The van der Waals surface area contributed by atoms with Gasteiger partial charge in [0.25, 0.3) is 0 Å². The molecule has 0 aliphatic heterocycles. The maximum absolute atomic E-state index is 12.2. The summed E-state index contributed by atoms with van der Waals surface area (Å²) in [6.07, 6.45) is 3.18. The van der Waals surface area contributed by atoms with Gasteiger partial charge in [-0.25, -0.2) is 0 Å². The largest absolute Gasteiger partial charge is 0.451 e. The number of rotatable bonds is 2. The molecule has 0 amide bonds. The number of hydrogen-bond donors (Lipinski definition) is 0. The molecule has 0 N–H and O–H groups in total. The Morgan fingerprint density at radius 3 is 2.67 bits per heavy atom. The fourth-order valence-electron chi connectivity index (χ4n) is 1.78. The molecular weight excluding hydrogens is 294 g/mol. The number of pyridine rings is 1. The zero-order valence-corrected chi connectivity index (χ0v) is 10.8. The van der Waals surface area contributed by atoms with Crippen molar-refractivity contribution in [3.63, 3.8) is 0 Å². The summed E-state index contributed by atoms with van der Waals surface area (Å²) in [7, 11) is 0. The van der Waals surface area contributed by atoms with Gasteiger partial charge >= 0.3 is 0 Å². The van der Waals surface area contributed by atoms with Gasteiger partial charge < -0.3 is 4.42 Å². The van der Waals surface area contributed by atoms with Crippen LogP contribution in [-0.4, -0.2) is 10.8 Å². The van der Waals surface area contributed by atoms with Crippen LogP contribution < -0.4 is 0 Å². The highest BCUT2D eigenvalue weighted by molar-refractivity contribution is 9.10. The van der Waals surface area contributed by atoms with Gasteiger partial charge in [-0.2, -0.15) is 0 Å². The monoisotopic (exact) mass is 301 g/mol. The van der Waals surface area contributed by atoms with E-state index < -0.39 is 0 Å². The van der Waals surface area contributed by atoms with Crippen molar-refractivity contribution in [1.29, 1.82) is 0 Å². The van der Waals surface area contributed by atoms with Gasteiger partial charge in [0, 0.05) is 23.3 Å². The number of carbonyl (C=O) groups excluding carboxylic acids is 1. The van der Waals surface area contributed by atoms with Gasteiger partial charge in [-0.05, 0) is 40.2 Å². The van der Waals surface area contributed by atoms with E-state index in [0.717, 1.165) is 9.86 Å². The number of para-hydroxylation sites is 1. The quantitative estimate of drug-likeness (QED) is 0.676. The summed E-state index contributed by atoms with van der Waals surface area (Å²) in [4.78, 5) is 16.1. The Balaban J connectivity index is 2.10. The fraction of sp³-hybridized carbons (Fsp3) is 0. The Morgan fingerprint density at radius 2 is 1.94 bits per heavy atom. The van der Waals surface area contributed by atoms with Gasteiger partial charge in [0.2, 0.25) is 5.78 Å². The van der Waals surface area contributed by atoms with Crippen LogP contribution in [0.15, 0.2) is 57.7 Å². The second-order valence-corrected chi connectivity index (χ2v) is 4.69. The van der Waals surface area contributed by atoms with E-state index in [0.29, 0.717) is 16.9 Å². The molecule has 0 fully saturated rings. The Labute approximate surface area is 112 Å². The summed E-state index contributed by atoms with van der Waals surface area (Å²) in [5.74, 6) is 0.198. The average Bonchev–Trinajstić information content (AvgIpc) is 2.84. The minimum atomic E-state index is -0.138. The van der Waals surface area contributed by atoms with E-state index in [4.69, 9.17) is 4.42 Å². The van der Waals surface area contributed by atoms with Gasteiger partial charge in [-0.15, -0.1) is 0 Å². The summed E-state index contributed by atoms with van der Waals surface area (Å²) >= 11 is 3.40. The molecule has 0 bridgehead atoms. The normalized spacial score (nSPS) is 10.7. The van der Waals surface area contributed by atoms with Crippen LogP contribution in [0.5, 0.6) is 0 Å². The first-order valence-electron chi connectivity index (χ1n) is 5.38. The van der Waals surface area contributed by atoms with Gasteiger partial charge in [0.05, 0.1) is 4.47 Å². The van der Waals surface area contributed by atoms with Crippen LogP contribution in [0.3, 0.4) is 0 Å². The minimum absolute atomic E-state index is 0.138. The lowest BCUT2D eigenvalue weighted by molar-refractivity contribution is 0.101. The number of carbonyl (C=O) groups is 1. The Bertz CT molecular complexity index is 719. The number of benzene rings is 1. The molecule has 0 atom stereocenters. The van der Waals surface area contributed by atoms with E-state index >= 15 is 0 Å². The maximum Gasteiger partial charge on any atom is 0.228 e. The van der Waals surface area contributed by atoms with Crippen molar-refractivity contribution in [2.24, 2.45) is 0 Å². The number of hydrogen-bond acceptors (Lipinski definition) is 3. The standard InChI is InChI=1S/C14H8BrNO2/c15-11-3-1-2-10-8-12(18-14(10)11)13(17)9-4-6-16-7-5-9/h1-8H. The van der Waals surface area contributed by atoms with Crippen LogP contribution >= 0.6 is 15.9 Å². The molecule has 0 saturated carbocycles. The molecule has 4 heteroatoms. The molecule has 0 aliphatic rings. The zero-order chi connectivity index (χ0) is 12.5. The summed E-state index contributed by atoms with van der Waals surface area (Å²) in [6, 6.07) is 10.8. The summed E-state index contributed by atoms with van der Waals surface area (Å²) in [5, 5.41) is 0.904. The molecule has 3 aromatic rings. The number of halogens is 1. The molecule has 88 valence electrons. The number of aromatic nitrogens is 1. The number of furan rings is 1. The maximum atomic E-state index is 12.2. The lowest BCUT2D eigenvalue weighted by Gasteiger charge is -1.95. The van der Waals surface area contributed by atoms with Gasteiger partial charge in [0.15, 0.2) is 5.76 Å². The molecule has 0 spiro atoms. The van der Waals surface area contributed by atoms with E-state index in [9.17, 15) is 4.79 Å². The van der Waals surface area contributed by atoms with Gasteiger partial charge in [-0.3, -0.25) is 9.78 Å². The van der Waals surface area contributed by atoms with E-state index in [1.54, 1.807) is 30.6 Å². The molecule has 2 aromatic heterocycles. The molecular formula is C14H8BrNO2. The first-order chi connectivity index (χ1) is 8.75. The van der Waals surface area contributed by atoms with Crippen molar-refractivity contribution >= 4 is 32.7 Å². The molecule has 0 saturated heterocycles. The molecule has 2 heterocycles. The minimum Gasteiger partial charge on any atom is -0.451 e. The van der Waals surface area contributed by atoms with Crippen LogP contribution in [0, 0.1) is 0 Å². The molecule has 1 aromatic carbocycles. The highest BCUT2D eigenvalue weighted by Crippen LogP contribution is 2.27. The zero-order valence-electron chi connectivity index (χ0n) is 9.26. The molecule has 3 rings (SSSR count). The van der Waals surface area contributed by atoms with Crippen molar-refractivity contribution in [3.05, 3.63) is 64.6 Å². The Morgan fingerprint density at radius 1 is 1.17 bits per heavy atom. The van der Waals surface area contributed by atoms with Gasteiger partial charge in [-0.1, -0.05) is 12.1 Å². The van der Waals surface area contributed by atoms with Crippen LogP contribution in [0.25, 0.3) is 11.0 Å². The molecule has 3 nitrogen and oxygen atoms in total. The Kier molecular flexibility index (Phi) is 2.72. The fourth-order valence-corrected chi connectivity index (χ4v) is 2.25. The van der Waals surface area contributed by atoms with Crippen molar-refractivity contribution in [2.45, 2.75) is 0 Å². The number of nitrogens with zero attached hydrogens (tertiary/aromatic N) is 1. The highest BCUT2D eigenvalue weighted by Gasteiger charge is 2.15. The smallest absolute Gasteiger partial charge is 0.228 e. The van der Waals surface area contributed by atoms with Crippen molar-refractivity contribution in [1.82, 2.24) is 4.98 Å². The van der Waals surface area contributed by atoms with E-state index in [1.807, 2.05) is 18.2 Å². The summed E-state index contributed by atoms with van der Waals surface area (Å²) in [6.45, 7) is 0. The third-order valence-corrected chi connectivity index (χ3v) is 3.29. The molecule has 0 radical (unpaired) electrons. The lowest BCUT2D eigenvalue weighted by atomic mass is 10.1. The van der Waals surface area contributed by atoms with Gasteiger partial charge in [0.1, 0.15) is 5.58 Å². The van der Waals surface area contributed by atoms with E-state index in [1.165, 1.54) is 0 Å². The number of fused-ring (bicyclic) bond motifs is 1. The van der Waals surface area contributed by atoms with Crippen molar-refractivity contribution in [2.75, 3.05) is 0 Å². The van der Waals surface area contributed by atoms with Crippen molar-refractivity contribution < 1.29 is 9.21 Å². The number of ketones is 1. The van der Waals surface area contributed by atoms with E-state index in [-0.39, 0.29) is 5.78 Å². The summed E-state index contributed by atoms with van der Waals surface area (Å²) in [5.41, 5.74) is 1.26. The van der Waals surface area contributed by atoms with Crippen LogP contribution in [-0.2, 0) is 0 Å². The molecule has 18 heavy (non-hydrogen) atoms. The topological polar surface area (TPSA) is 43.1 Å². The van der Waals surface area contributed by atoms with E-state index in [2.05, 4.69) is 20.9 Å². The average molecular weight is 302 g/mol. The highest BCUT2D eigenvalue weighted by atomic mass is 79.9. The lowest BCUT2D eigenvalue weighted by Crippen LogP contribution is -1.98. The first kappa shape index (κ1) is 11.2. The predicted molar refractivity (Wildman–Crippen MR) is 71.6 cm³/mol. The second kappa shape index (κ2) is 4.38. The Hall–Kier alpha value is -1.94. The SMILES string of the molecule is O=C(c1ccncc1)c1cc2cccc(Br)c2o1. The first-order valence-corrected chi connectivity index (χ1v) is 6.18. The van der Waals surface area contributed by atoms with Crippen LogP contribution in [0.4, 0.5) is 0 Å². The third-order valence-electron chi connectivity index (χ3n) is 2.66. The third kappa shape index (κ3) is 1.84. The second-order valence-electron chi connectivity index (χ2n) is 3.83. The summed E-state index contributed by atoms with van der Waals surface area (Å²) < 4.78 is 6.44. The predicted octanol–water partition coefficient (Wildman–Crippen LogP) is 3.82. The van der Waals surface area contributed by atoms with Crippen molar-refractivity contribution in [3.8, 4) is 0 Å². The van der Waals surface area contributed by atoms with Crippen LogP contribution in [0.2, 0.25) is 0 Å².